The minimum atomic E-state index is 0.694. The van der Waals surface area contributed by atoms with Crippen LogP contribution < -0.4 is 0 Å². The maximum Gasteiger partial charge on any atom is 0.119 e. The van der Waals surface area contributed by atoms with Crippen LogP contribution in [0.3, 0.4) is 0 Å². The number of rotatable bonds is 5. The summed E-state index contributed by atoms with van der Waals surface area (Å²) in [4.78, 5) is 9.74. The summed E-state index contributed by atoms with van der Waals surface area (Å²) in [6.07, 6.45) is 7.01. The highest BCUT2D eigenvalue weighted by atomic mass is 35.5. The van der Waals surface area contributed by atoms with Crippen LogP contribution in [0.4, 0.5) is 0 Å². The maximum atomic E-state index is 9.74. The average Bonchev–Trinajstić information content (AvgIpc) is 2.02. The zero-order chi connectivity index (χ0) is 8.24. The molecule has 0 aromatic rings. The van der Waals surface area contributed by atoms with Crippen LogP contribution in [0.5, 0.6) is 0 Å². The summed E-state index contributed by atoms with van der Waals surface area (Å²) < 4.78 is 0. The SMILES string of the molecule is CCl.[B]CCCCCC=O. The molecule has 0 saturated carbocycles. The molecule has 0 bridgehead atoms. The number of alkyl halides is 1. The topological polar surface area (TPSA) is 17.1 Å². The number of unbranched alkanes of at least 4 members (excludes halogenated alkanes) is 3. The van der Waals surface area contributed by atoms with Gasteiger partial charge in [0.25, 0.3) is 0 Å². The predicted molar refractivity (Wildman–Crippen MR) is 46.9 cm³/mol. The lowest BCUT2D eigenvalue weighted by molar-refractivity contribution is -0.107. The average molecular weight is 160 g/mol. The third-order valence-corrected chi connectivity index (χ3v) is 1.03. The maximum absolute atomic E-state index is 9.74. The van der Waals surface area contributed by atoms with Gasteiger partial charge in [-0.25, -0.2) is 0 Å². The number of halogens is 1. The molecule has 0 saturated heterocycles. The highest BCUT2D eigenvalue weighted by Gasteiger charge is 1.83. The number of aldehydes is 1. The summed E-state index contributed by atoms with van der Waals surface area (Å²) in [5.74, 6) is 0. The second kappa shape index (κ2) is 16.0. The largest absolute Gasteiger partial charge is 0.303 e. The molecule has 0 amide bonds. The molecule has 0 N–H and O–H groups in total. The molecule has 0 fully saturated rings. The molecule has 0 aromatic heterocycles. The van der Waals surface area contributed by atoms with Crippen LogP contribution in [0.25, 0.3) is 0 Å². The van der Waals surface area contributed by atoms with Crippen molar-refractivity contribution in [1.29, 1.82) is 0 Å². The van der Waals surface area contributed by atoms with Crippen LogP contribution in [0, 0.1) is 0 Å². The van der Waals surface area contributed by atoms with Gasteiger partial charge in [-0.3, -0.25) is 0 Å². The quantitative estimate of drug-likeness (QED) is 0.261. The van der Waals surface area contributed by atoms with E-state index in [1.54, 1.807) is 0 Å². The molecule has 0 spiro atoms. The van der Waals surface area contributed by atoms with Crippen molar-refractivity contribution in [1.82, 2.24) is 0 Å². The van der Waals surface area contributed by atoms with Crippen LogP contribution in [0.1, 0.15) is 25.7 Å². The molecule has 0 aliphatic heterocycles. The Kier molecular flexibility index (Phi) is 20.3. The van der Waals surface area contributed by atoms with Crippen LogP contribution in [0.2, 0.25) is 6.32 Å². The van der Waals surface area contributed by atoms with Crippen molar-refractivity contribution in [2.24, 2.45) is 0 Å². The van der Waals surface area contributed by atoms with Gasteiger partial charge in [0.2, 0.25) is 0 Å². The van der Waals surface area contributed by atoms with E-state index in [1.807, 2.05) is 0 Å². The zero-order valence-electron chi connectivity index (χ0n) is 6.48. The Labute approximate surface area is 69.6 Å². The third kappa shape index (κ3) is 15.7. The van der Waals surface area contributed by atoms with Gasteiger partial charge in [0.15, 0.2) is 0 Å². The molecule has 0 aliphatic carbocycles. The van der Waals surface area contributed by atoms with Gasteiger partial charge in [-0.1, -0.05) is 19.2 Å². The van der Waals surface area contributed by atoms with E-state index in [0.29, 0.717) is 6.42 Å². The first-order valence-corrected chi connectivity index (χ1v) is 4.19. The van der Waals surface area contributed by atoms with Gasteiger partial charge < -0.3 is 4.79 Å². The van der Waals surface area contributed by atoms with Crippen molar-refractivity contribution in [3.8, 4) is 0 Å². The van der Waals surface area contributed by atoms with E-state index in [-0.39, 0.29) is 0 Å². The molecule has 0 aromatic carbocycles. The Bertz CT molecular complexity index is 59.6. The molecule has 3 heteroatoms. The second-order valence-corrected chi connectivity index (χ2v) is 1.80. The molecule has 58 valence electrons. The highest BCUT2D eigenvalue weighted by molar-refractivity contribution is 6.15. The van der Waals surface area contributed by atoms with Crippen molar-refractivity contribution < 1.29 is 4.79 Å². The van der Waals surface area contributed by atoms with Gasteiger partial charge in [-0.15, -0.1) is 11.6 Å². The Morgan fingerprint density at radius 3 is 2.30 bits per heavy atom. The molecule has 1 nitrogen and oxygen atoms in total. The fourth-order valence-corrected chi connectivity index (χ4v) is 0.549. The standard InChI is InChI=1S/C6H11BO.CH3Cl/c7-5-3-1-2-4-6-8;1-2/h6H,1-5H2;1H3. The molecule has 0 aliphatic rings. The Balaban J connectivity index is 0. The molecular weight excluding hydrogens is 146 g/mol. The normalized spacial score (nSPS) is 7.80. The van der Waals surface area contributed by atoms with Gasteiger partial charge in [0.1, 0.15) is 6.29 Å². The number of carbonyl (C=O) groups is 1. The van der Waals surface area contributed by atoms with Crippen molar-refractivity contribution in [3.63, 3.8) is 0 Å². The molecule has 0 rings (SSSR count). The molecule has 0 atom stereocenters. The molecule has 2 radical (unpaired) electrons. The van der Waals surface area contributed by atoms with Gasteiger partial charge in [0.05, 0.1) is 7.85 Å². The first-order chi connectivity index (χ1) is 4.91. The van der Waals surface area contributed by atoms with Crippen LogP contribution in [0.15, 0.2) is 0 Å². The summed E-state index contributed by atoms with van der Waals surface area (Å²) >= 11 is 4.64. The monoisotopic (exact) mass is 160 g/mol. The lowest BCUT2D eigenvalue weighted by atomic mass is 9.99. The van der Waals surface area contributed by atoms with Crippen LogP contribution in [-0.4, -0.2) is 20.5 Å². The minimum absolute atomic E-state index is 0.694. The van der Waals surface area contributed by atoms with E-state index in [4.69, 9.17) is 7.85 Å². The van der Waals surface area contributed by atoms with E-state index in [9.17, 15) is 4.79 Å². The fourth-order valence-electron chi connectivity index (χ4n) is 0.549. The van der Waals surface area contributed by atoms with Gasteiger partial charge >= 0.3 is 0 Å². The summed E-state index contributed by atoms with van der Waals surface area (Å²) in [6, 6.07) is 0. The molecule has 0 heterocycles. The second-order valence-electron chi connectivity index (χ2n) is 1.80. The first-order valence-electron chi connectivity index (χ1n) is 3.43. The fraction of sp³-hybridized carbons (Fsp3) is 0.857. The van der Waals surface area contributed by atoms with E-state index in [2.05, 4.69) is 11.6 Å². The molecule has 10 heavy (non-hydrogen) atoms. The Morgan fingerprint density at radius 1 is 1.30 bits per heavy atom. The van der Waals surface area contributed by atoms with Crippen molar-refractivity contribution >= 4 is 25.7 Å². The van der Waals surface area contributed by atoms with Gasteiger partial charge in [0, 0.05) is 12.8 Å². The van der Waals surface area contributed by atoms with Crippen molar-refractivity contribution in [3.05, 3.63) is 0 Å². The van der Waals surface area contributed by atoms with E-state index in [1.165, 1.54) is 6.38 Å². The summed E-state index contributed by atoms with van der Waals surface area (Å²) in [5.41, 5.74) is 0. The molecular formula is C7H14BClO. The van der Waals surface area contributed by atoms with Crippen LogP contribution in [-0.2, 0) is 4.79 Å². The van der Waals surface area contributed by atoms with Gasteiger partial charge in [-0.2, -0.15) is 0 Å². The van der Waals surface area contributed by atoms with E-state index < -0.39 is 0 Å². The smallest absolute Gasteiger partial charge is 0.119 e. The highest BCUT2D eigenvalue weighted by Crippen LogP contribution is 1.98. The minimum Gasteiger partial charge on any atom is -0.303 e. The lowest BCUT2D eigenvalue weighted by Crippen LogP contribution is -1.77. The molecule has 0 unspecified atom stereocenters. The van der Waals surface area contributed by atoms with E-state index >= 15 is 0 Å². The Morgan fingerprint density at radius 2 is 1.90 bits per heavy atom. The lowest BCUT2D eigenvalue weighted by Gasteiger charge is -1.90. The van der Waals surface area contributed by atoms with Crippen molar-refractivity contribution in [2.75, 3.05) is 6.38 Å². The van der Waals surface area contributed by atoms with E-state index in [0.717, 1.165) is 31.9 Å². The summed E-state index contributed by atoms with van der Waals surface area (Å²) in [6.45, 7) is 0. The predicted octanol–water partition coefficient (Wildman–Crippen LogP) is 2.19. The van der Waals surface area contributed by atoms with Crippen LogP contribution >= 0.6 is 11.6 Å². The number of hydrogen-bond donors (Lipinski definition) is 0. The zero-order valence-corrected chi connectivity index (χ0v) is 7.23. The van der Waals surface area contributed by atoms with Crippen molar-refractivity contribution in [2.45, 2.75) is 32.0 Å². The summed E-state index contributed by atoms with van der Waals surface area (Å²) in [5, 5.41) is 0. The number of hydrogen-bond acceptors (Lipinski definition) is 1. The van der Waals surface area contributed by atoms with Gasteiger partial charge in [-0.05, 0) is 6.42 Å². The first kappa shape index (κ1) is 12.7. The summed E-state index contributed by atoms with van der Waals surface area (Å²) in [7, 11) is 5.22. The Hall–Kier alpha value is 0.0249. The number of carbonyl (C=O) groups excluding carboxylic acids is 1. The third-order valence-electron chi connectivity index (χ3n) is 1.03.